The Balaban J connectivity index is 2.49. The van der Waals surface area contributed by atoms with E-state index in [0.29, 0.717) is 25.5 Å². The number of ether oxygens (including phenoxy) is 1. The zero-order valence-electron chi connectivity index (χ0n) is 7.66. The number of hydrogen-bond donors (Lipinski definition) is 0. The second-order valence-electron chi connectivity index (χ2n) is 3.05. The lowest BCUT2D eigenvalue weighted by atomic mass is 10.1. The van der Waals surface area contributed by atoms with Crippen molar-refractivity contribution in [1.29, 1.82) is 5.26 Å². The van der Waals surface area contributed by atoms with Crippen LogP contribution < -0.4 is 0 Å². The Morgan fingerprint density at radius 1 is 1.64 bits per heavy atom. The molecule has 0 amide bonds. The van der Waals surface area contributed by atoms with E-state index in [1.807, 2.05) is 0 Å². The van der Waals surface area contributed by atoms with Crippen LogP contribution in [0.3, 0.4) is 0 Å². The summed E-state index contributed by atoms with van der Waals surface area (Å²) < 4.78 is 6.84. The second-order valence-corrected chi connectivity index (χ2v) is 3.05. The summed E-state index contributed by atoms with van der Waals surface area (Å²) in [7, 11) is 0. The third-order valence-corrected chi connectivity index (χ3v) is 2.21. The van der Waals surface area contributed by atoms with E-state index in [1.54, 1.807) is 4.68 Å². The van der Waals surface area contributed by atoms with Gasteiger partial charge in [-0.15, -0.1) is 6.42 Å². The molecular formula is C10H9N3O. The van der Waals surface area contributed by atoms with Crippen molar-refractivity contribution in [1.82, 2.24) is 9.78 Å². The molecule has 0 aromatic carbocycles. The Morgan fingerprint density at radius 2 is 2.50 bits per heavy atom. The van der Waals surface area contributed by atoms with E-state index in [9.17, 15) is 0 Å². The minimum Gasteiger partial charge on any atom is -0.376 e. The largest absolute Gasteiger partial charge is 0.376 e. The van der Waals surface area contributed by atoms with E-state index in [-0.39, 0.29) is 0 Å². The topological polar surface area (TPSA) is 50.8 Å². The van der Waals surface area contributed by atoms with Gasteiger partial charge >= 0.3 is 0 Å². The van der Waals surface area contributed by atoms with E-state index >= 15 is 0 Å². The smallest absolute Gasteiger partial charge is 0.145 e. The molecule has 0 radical (unpaired) electrons. The maximum atomic E-state index is 8.95. The SMILES string of the molecule is C#CCn1nc2c(c1C#N)COCC2. The number of terminal acetylenes is 1. The highest BCUT2D eigenvalue weighted by molar-refractivity contribution is 5.36. The van der Waals surface area contributed by atoms with Gasteiger partial charge < -0.3 is 4.74 Å². The number of fused-ring (bicyclic) bond motifs is 1. The lowest BCUT2D eigenvalue weighted by Crippen LogP contribution is -2.08. The van der Waals surface area contributed by atoms with Gasteiger partial charge in [0.1, 0.15) is 18.3 Å². The molecule has 0 bridgehead atoms. The van der Waals surface area contributed by atoms with Crippen LogP contribution in [0.5, 0.6) is 0 Å². The first-order chi connectivity index (χ1) is 6.86. The molecule has 2 rings (SSSR count). The van der Waals surface area contributed by atoms with Gasteiger partial charge in [0.05, 0.1) is 18.9 Å². The quantitative estimate of drug-likeness (QED) is 0.600. The molecule has 0 spiro atoms. The summed E-state index contributed by atoms with van der Waals surface area (Å²) in [5.74, 6) is 2.48. The molecule has 2 heterocycles. The van der Waals surface area contributed by atoms with Crippen LogP contribution in [0.15, 0.2) is 0 Å². The third-order valence-electron chi connectivity index (χ3n) is 2.21. The normalized spacial score (nSPS) is 14.1. The lowest BCUT2D eigenvalue weighted by Gasteiger charge is -2.09. The van der Waals surface area contributed by atoms with Crippen molar-refractivity contribution in [3.63, 3.8) is 0 Å². The van der Waals surface area contributed by atoms with Crippen LogP contribution in [0, 0.1) is 23.7 Å². The van der Waals surface area contributed by atoms with Crippen LogP contribution in [-0.4, -0.2) is 16.4 Å². The Hall–Kier alpha value is -1.78. The molecule has 1 aromatic rings. The Labute approximate surface area is 82.1 Å². The number of hydrogen-bond acceptors (Lipinski definition) is 3. The van der Waals surface area contributed by atoms with Gasteiger partial charge in [-0.25, -0.2) is 4.68 Å². The molecule has 70 valence electrons. The highest BCUT2D eigenvalue weighted by Crippen LogP contribution is 2.19. The maximum absolute atomic E-state index is 8.95. The van der Waals surface area contributed by atoms with E-state index in [2.05, 4.69) is 17.1 Å². The molecule has 4 nitrogen and oxygen atoms in total. The van der Waals surface area contributed by atoms with Crippen LogP contribution in [-0.2, 0) is 24.3 Å². The molecule has 1 aliphatic rings. The number of nitriles is 1. The van der Waals surface area contributed by atoms with Crippen LogP contribution in [0.1, 0.15) is 17.0 Å². The summed E-state index contributed by atoms with van der Waals surface area (Å²) >= 11 is 0. The van der Waals surface area contributed by atoms with Crippen LogP contribution in [0.2, 0.25) is 0 Å². The first-order valence-corrected chi connectivity index (χ1v) is 4.36. The van der Waals surface area contributed by atoms with Gasteiger partial charge in [-0.3, -0.25) is 0 Å². The molecule has 0 aliphatic carbocycles. The van der Waals surface area contributed by atoms with Gasteiger partial charge in [-0.2, -0.15) is 10.4 Å². The van der Waals surface area contributed by atoms with Crippen molar-refractivity contribution in [2.24, 2.45) is 0 Å². The van der Waals surface area contributed by atoms with Gasteiger partial charge in [0.25, 0.3) is 0 Å². The summed E-state index contributed by atoms with van der Waals surface area (Å²) in [5, 5.41) is 13.2. The van der Waals surface area contributed by atoms with Crippen LogP contribution in [0.4, 0.5) is 0 Å². The summed E-state index contributed by atoms with van der Waals surface area (Å²) in [6, 6.07) is 2.11. The van der Waals surface area contributed by atoms with Crippen molar-refractivity contribution in [2.45, 2.75) is 19.6 Å². The fourth-order valence-electron chi connectivity index (χ4n) is 1.57. The molecular weight excluding hydrogens is 178 g/mol. The number of aromatic nitrogens is 2. The summed E-state index contributed by atoms with van der Waals surface area (Å²) in [6.07, 6.45) is 5.96. The minimum atomic E-state index is 0.343. The molecule has 0 fully saturated rings. The Bertz CT molecular complexity index is 433. The predicted octanol–water partition coefficient (Wildman–Crippen LogP) is 0.461. The second kappa shape index (κ2) is 3.53. The van der Waals surface area contributed by atoms with Gasteiger partial charge in [-0.05, 0) is 0 Å². The molecule has 0 atom stereocenters. The highest BCUT2D eigenvalue weighted by atomic mass is 16.5. The molecule has 0 saturated carbocycles. The van der Waals surface area contributed by atoms with E-state index in [0.717, 1.165) is 17.7 Å². The van der Waals surface area contributed by atoms with Crippen LogP contribution >= 0.6 is 0 Å². The van der Waals surface area contributed by atoms with Crippen molar-refractivity contribution in [2.75, 3.05) is 6.61 Å². The summed E-state index contributed by atoms with van der Waals surface area (Å²) in [6.45, 7) is 1.49. The molecule has 0 unspecified atom stereocenters. The molecule has 1 aliphatic heterocycles. The van der Waals surface area contributed by atoms with E-state index in [4.69, 9.17) is 16.4 Å². The predicted molar refractivity (Wildman–Crippen MR) is 49.1 cm³/mol. The Kier molecular flexibility index (Phi) is 2.22. The molecule has 14 heavy (non-hydrogen) atoms. The number of nitrogens with zero attached hydrogens (tertiary/aromatic N) is 3. The monoisotopic (exact) mass is 187 g/mol. The standard InChI is InChI=1S/C10H9N3O/c1-2-4-13-10(6-11)8-7-14-5-3-9(8)12-13/h1H,3-5,7H2. The minimum absolute atomic E-state index is 0.343. The average Bonchev–Trinajstić information content (AvgIpc) is 2.55. The molecule has 4 heteroatoms. The Morgan fingerprint density at radius 3 is 3.21 bits per heavy atom. The molecule has 1 aromatic heterocycles. The van der Waals surface area contributed by atoms with Gasteiger partial charge in [-0.1, -0.05) is 5.92 Å². The van der Waals surface area contributed by atoms with Crippen molar-refractivity contribution < 1.29 is 4.74 Å². The third kappa shape index (κ3) is 1.26. The average molecular weight is 187 g/mol. The highest BCUT2D eigenvalue weighted by Gasteiger charge is 2.20. The lowest BCUT2D eigenvalue weighted by molar-refractivity contribution is 0.110. The molecule has 0 N–H and O–H groups in total. The van der Waals surface area contributed by atoms with Crippen molar-refractivity contribution in [3.8, 4) is 18.4 Å². The van der Waals surface area contributed by atoms with Gasteiger partial charge in [0.2, 0.25) is 0 Å². The number of rotatable bonds is 1. The van der Waals surface area contributed by atoms with Gasteiger partial charge in [0, 0.05) is 12.0 Å². The van der Waals surface area contributed by atoms with Crippen molar-refractivity contribution in [3.05, 3.63) is 17.0 Å². The van der Waals surface area contributed by atoms with Gasteiger partial charge in [0.15, 0.2) is 0 Å². The fourth-order valence-corrected chi connectivity index (χ4v) is 1.57. The zero-order chi connectivity index (χ0) is 9.97. The fraction of sp³-hybridized carbons (Fsp3) is 0.400. The van der Waals surface area contributed by atoms with E-state index in [1.165, 1.54) is 0 Å². The summed E-state index contributed by atoms with van der Waals surface area (Å²) in [5.41, 5.74) is 2.38. The van der Waals surface area contributed by atoms with Crippen molar-refractivity contribution >= 4 is 0 Å². The first-order valence-electron chi connectivity index (χ1n) is 4.36. The molecule has 0 saturated heterocycles. The maximum Gasteiger partial charge on any atom is 0.145 e. The summed E-state index contributed by atoms with van der Waals surface area (Å²) in [4.78, 5) is 0. The zero-order valence-corrected chi connectivity index (χ0v) is 7.66. The first kappa shape index (κ1) is 8.80. The van der Waals surface area contributed by atoms with E-state index < -0.39 is 0 Å². The van der Waals surface area contributed by atoms with Crippen LogP contribution in [0.25, 0.3) is 0 Å².